The maximum atomic E-state index is 13.3. The number of aliphatic hydroxyl groups excluding tert-OH is 1. The number of fused-ring (bicyclic) bond motifs is 3. The zero-order chi connectivity index (χ0) is 23.4. The maximum absolute atomic E-state index is 13.3. The molecule has 2 heterocycles. The van der Waals surface area contributed by atoms with Crippen LogP contribution in [0.3, 0.4) is 0 Å². The van der Waals surface area contributed by atoms with Crippen LogP contribution in [0, 0.1) is 0 Å². The van der Waals surface area contributed by atoms with Crippen molar-refractivity contribution in [2.45, 2.75) is 31.8 Å². The number of benzene rings is 1. The highest BCUT2D eigenvalue weighted by atomic mass is 16.5. The number of ether oxygens (including phenoxy) is 1. The van der Waals surface area contributed by atoms with Gasteiger partial charge < -0.3 is 9.84 Å². The molecule has 0 amide bonds. The van der Waals surface area contributed by atoms with Crippen molar-refractivity contribution in [3.05, 3.63) is 85.2 Å². The second-order valence-corrected chi connectivity index (χ2v) is 8.43. The quantitative estimate of drug-likeness (QED) is 0.545. The highest BCUT2D eigenvalue weighted by Gasteiger charge is 2.45. The summed E-state index contributed by atoms with van der Waals surface area (Å²) >= 11 is 0. The Balaban J connectivity index is 1.77. The maximum Gasteiger partial charge on any atom is 0.347 e. The molecule has 0 spiro atoms. The summed E-state index contributed by atoms with van der Waals surface area (Å²) in [4.78, 5) is 51.9. The van der Waals surface area contributed by atoms with Crippen LogP contribution in [0.5, 0.6) is 5.75 Å². The van der Waals surface area contributed by atoms with Gasteiger partial charge in [0, 0.05) is 41.7 Å². The molecule has 0 saturated heterocycles. The Morgan fingerprint density at radius 1 is 1.12 bits per heavy atom. The summed E-state index contributed by atoms with van der Waals surface area (Å²) in [6.07, 6.45) is 3.36. The van der Waals surface area contributed by atoms with Crippen molar-refractivity contribution in [1.82, 2.24) is 13.9 Å². The highest BCUT2D eigenvalue weighted by Crippen LogP contribution is 2.51. The number of rotatable bonds is 4. The molecule has 0 saturated carbocycles. The van der Waals surface area contributed by atoms with Gasteiger partial charge in [-0.3, -0.25) is 9.59 Å². The first-order chi connectivity index (χ1) is 15.8. The fraction of sp³-hybridized carbons (Fsp3) is 0.333. The molecule has 3 aliphatic rings. The van der Waals surface area contributed by atoms with Gasteiger partial charge in [0.05, 0.1) is 19.2 Å². The number of aliphatic hydroxyl groups is 1. The number of carbonyl (C=O) groups excluding carboxylic acids is 2. The summed E-state index contributed by atoms with van der Waals surface area (Å²) in [5.74, 6) is -0.608. The van der Waals surface area contributed by atoms with E-state index in [1.54, 1.807) is 19.1 Å². The molecule has 9 heteroatoms. The number of ketones is 2. The fourth-order valence-corrected chi connectivity index (χ4v) is 5.10. The molecule has 1 aliphatic heterocycles. The van der Waals surface area contributed by atoms with Crippen LogP contribution in [0.1, 0.15) is 30.9 Å². The van der Waals surface area contributed by atoms with Gasteiger partial charge in [0.1, 0.15) is 12.4 Å². The normalized spacial score (nSPS) is 21.8. The van der Waals surface area contributed by atoms with Crippen LogP contribution in [-0.4, -0.2) is 43.8 Å². The van der Waals surface area contributed by atoms with Gasteiger partial charge in [0.25, 0.3) is 0 Å². The van der Waals surface area contributed by atoms with Crippen molar-refractivity contribution in [2.75, 3.05) is 13.2 Å². The van der Waals surface area contributed by atoms with Crippen LogP contribution in [0.2, 0.25) is 0 Å². The molecular formula is C24H23N3O6. The summed E-state index contributed by atoms with van der Waals surface area (Å²) in [6, 6.07) is 6.60. The van der Waals surface area contributed by atoms with Crippen LogP contribution in [0.25, 0.3) is 0 Å². The van der Waals surface area contributed by atoms with Crippen molar-refractivity contribution in [3.63, 3.8) is 0 Å². The first kappa shape index (κ1) is 21.1. The second kappa shape index (κ2) is 7.70. The Kier molecular flexibility index (Phi) is 4.93. The largest absolute Gasteiger partial charge is 0.491 e. The zero-order valence-corrected chi connectivity index (χ0v) is 18.3. The minimum absolute atomic E-state index is 0.0710. The standard InChI is InChI=1S/C24H23N3O6/c1-13-11-18(29)16-12-17-14(7-8-26-23(31)25(2)24(32)27(17)26)20(21(16)22(13)30)15-5-3-4-6-19(15)33-10-9-28/h3-7,11,17,20,28H,8-10,12H2,1-2H3/t17-,20-/m1/s1. The Morgan fingerprint density at radius 2 is 1.88 bits per heavy atom. The van der Waals surface area contributed by atoms with Crippen molar-refractivity contribution in [1.29, 1.82) is 0 Å². The van der Waals surface area contributed by atoms with E-state index in [0.29, 0.717) is 28.0 Å². The number of aromatic nitrogens is 3. The van der Waals surface area contributed by atoms with Gasteiger partial charge >= 0.3 is 11.4 Å². The lowest BCUT2D eigenvalue weighted by Gasteiger charge is -2.40. The molecule has 2 aromatic rings. The molecule has 170 valence electrons. The van der Waals surface area contributed by atoms with E-state index in [1.165, 1.54) is 22.5 Å². The van der Waals surface area contributed by atoms with Gasteiger partial charge in [-0.1, -0.05) is 24.3 Å². The molecule has 33 heavy (non-hydrogen) atoms. The van der Waals surface area contributed by atoms with E-state index < -0.39 is 23.3 Å². The summed E-state index contributed by atoms with van der Waals surface area (Å²) in [6.45, 7) is 1.69. The number of nitrogens with zero attached hydrogens (tertiary/aromatic N) is 3. The number of allylic oxidation sites excluding steroid dienone is 6. The van der Waals surface area contributed by atoms with Crippen LogP contribution < -0.4 is 16.1 Å². The number of hydrogen-bond acceptors (Lipinski definition) is 6. The van der Waals surface area contributed by atoms with Crippen LogP contribution in [0.15, 0.2) is 68.3 Å². The Labute approximate surface area is 188 Å². The third-order valence-electron chi connectivity index (χ3n) is 6.60. The van der Waals surface area contributed by atoms with E-state index in [0.717, 1.165) is 10.1 Å². The predicted molar refractivity (Wildman–Crippen MR) is 118 cm³/mol. The van der Waals surface area contributed by atoms with Crippen LogP contribution in [-0.2, 0) is 23.2 Å². The molecule has 1 N–H and O–H groups in total. The molecule has 2 atom stereocenters. The molecule has 0 fully saturated rings. The van der Waals surface area contributed by atoms with Crippen molar-refractivity contribution in [3.8, 4) is 5.75 Å². The van der Waals surface area contributed by atoms with E-state index in [2.05, 4.69) is 0 Å². The SMILES string of the molecule is CC1=CC(=O)C2=C(C1=O)[C@@H](c1ccccc1OCCO)C1=CCn3c(=O)n(C)c(=O)n3[C@@H]1C2. The summed E-state index contributed by atoms with van der Waals surface area (Å²) in [5.41, 5.74) is 1.65. The van der Waals surface area contributed by atoms with Gasteiger partial charge in [-0.05, 0) is 24.6 Å². The van der Waals surface area contributed by atoms with Gasteiger partial charge in [-0.15, -0.1) is 0 Å². The molecule has 1 aromatic carbocycles. The number of Topliss-reactive ketones (excluding diaryl/α,β-unsaturated/α-hetero) is 1. The lowest BCUT2D eigenvalue weighted by Crippen LogP contribution is -2.40. The zero-order valence-electron chi connectivity index (χ0n) is 18.3. The van der Waals surface area contributed by atoms with Gasteiger partial charge in [0.15, 0.2) is 11.6 Å². The van der Waals surface area contributed by atoms with Crippen molar-refractivity contribution in [2.24, 2.45) is 7.05 Å². The topological polar surface area (TPSA) is 113 Å². The molecule has 0 radical (unpaired) electrons. The van der Waals surface area contributed by atoms with E-state index in [4.69, 9.17) is 4.74 Å². The van der Waals surface area contributed by atoms with Crippen molar-refractivity contribution >= 4 is 11.6 Å². The van der Waals surface area contributed by atoms with E-state index in [1.807, 2.05) is 18.2 Å². The molecule has 5 rings (SSSR count). The lowest BCUT2D eigenvalue weighted by atomic mass is 9.67. The van der Waals surface area contributed by atoms with E-state index in [9.17, 15) is 24.3 Å². The number of carbonyl (C=O) groups is 2. The fourth-order valence-electron chi connectivity index (χ4n) is 5.10. The van der Waals surface area contributed by atoms with Crippen molar-refractivity contribution < 1.29 is 19.4 Å². The first-order valence-corrected chi connectivity index (χ1v) is 10.8. The molecule has 9 nitrogen and oxygen atoms in total. The minimum Gasteiger partial charge on any atom is -0.491 e. The highest BCUT2D eigenvalue weighted by molar-refractivity contribution is 6.23. The van der Waals surface area contributed by atoms with E-state index >= 15 is 0 Å². The lowest BCUT2D eigenvalue weighted by molar-refractivity contribution is -0.116. The van der Waals surface area contributed by atoms with Gasteiger partial charge in [-0.2, -0.15) is 0 Å². The van der Waals surface area contributed by atoms with Gasteiger partial charge in [0.2, 0.25) is 0 Å². The summed E-state index contributed by atoms with van der Waals surface area (Å²) in [7, 11) is 1.42. The molecule has 0 bridgehead atoms. The molecule has 0 unspecified atom stereocenters. The summed E-state index contributed by atoms with van der Waals surface area (Å²) < 4.78 is 9.58. The first-order valence-electron chi connectivity index (χ1n) is 10.8. The van der Waals surface area contributed by atoms with E-state index in [-0.39, 0.29) is 37.7 Å². The average Bonchev–Trinajstić information content (AvgIpc) is 3.04. The smallest absolute Gasteiger partial charge is 0.347 e. The molecule has 1 aromatic heterocycles. The second-order valence-electron chi connectivity index (χ2n) is 8.43. The Morgan fingerprint density at radius 3 is 2.64 bits per heavy atom. The molecular weight excluding hydrogens is 426 g/mol. The molecule has 2 aliphatic carbocycles. The monoisotopic (exact) mass is 449 g/mol. The number of hydrogen-bond donors (Lipinski definition) is 1. The third kappa shape index (κ3) is 3.03. The predicted octanol–water partition coefficient (Wildman–Crippen LogP) is 0.783. The van der Waals surface area contributed by atoms with Gasteiger partial charge in [-0.25, -0.2) is 23.5 Å². The minimum atomic E-state index is -0.621. The summed E-state index contributed by atoms with van der Waals surface area (Å²) in [5, 5.41) is 9.26. The van der Waals surface area contributed by atoms with Crippen LogP contribution in [0.4, 0.5) is 0 Å². The Bertz CT molecular complexity index is 1410. The average molecular weight is 449 g/mol. The Hall–Kier alpha value is -3.72. The number of para-hydroxylation sites is 1. The third-order valence-corrected chi connectivity index (χ3v) is 6.60. The van der Waals surface area contributed by atoms with Crippen LogP contribution >= 0.6 is 0 Å².